The van der Waals surface area contributed by atoms with E-state index in [4.69, 9.17) is 16.3 Å². The molecule has 45 heavy (non-hydrogen) atoms. The summed E-state index contributed by atoms with van der Waals surface area (Å²) in [7, 11) is -4.88. The molecular formula is C31H37ClF2N6O4S. The normalized spacial score (nSPS) is 17.6. The van der Waals surface area contributed by atoms with Crippen LogP contribution in [0.2, 0.25) is 5.02 Å². The second kappa shape index (κ2) is 13.8. The van der Waals surface area contributed by atoms with Gasteiger partial charge in [-0.1, -0.05) is 23.7 Å². The quantitative estimate of drug-likeness (QED) is 0.234. The average molecular weight is 663 g/mol. The van der Waals surface area contributed by atoms with E-state index in [9.17, 15) is 22.0 Å². The molecule has 2 aromatic carbocycles. The summed E-state index contributed by atoms with van der Waals surface area (Å²) in [4.78, 5) is 23.0. The maximum atomic E-state index is 13.3. The lowest BCUT2D eigenvalue weighted by Crippen LogP contribution is -2.46. The fraction of sp³-hybridized carbons (Fsp3) is 0.452. The van der Waals surface area contributed by atoms with Crippen molar-refractivity contribution in [3.05, 3.63) is 58.7 Å². The largest absolute Gasteiger partial charge is 0.489 e. The molecule has 0 spiro atoms. The minimum absolute atomic E-state index is 0.0277. The number of para-hydroxylation sites is 1. The summed E-state index contributed by atoms with van der Waals surface area (Å²) < 4.78 is 57.3. The van der Waals surface area contributed by atoms with Crippen LogP contribution in [0.1, 0.15) is 56.6 Å². The van der Waals surface area contributed by atoms with E-state index in [1.807, 2.05) is 37.8 Å². The molecule has 242 valence electrons. The third-order valence-electron chi connectivity index (χ3n) is 8.01. The van der Waals surface area contributed by atoms with Crippen molar-refractivity contribution >= 4 is 50.5 Å². The van der Waals surface area contributed by atoms with Crippen molar-refractivity contribution in [1.29, 1.82) is 0 Å². The van der Waals surface area contributed by atoms with Gasteiger partial charge >= 0.3 is 5.76 Å². The van der Waals surface area contributed by atoms with Crippen LogP contribution < -0.4 is 20.7 Å². The van der Waals surface area contributed by atoms with Crippen molar-refractivity contribution in [1.82, 2.24) is 20.2 Å². The number of rotatable bonds is 10. The SMILES string of the molecule is Cc1cc(Nc2ncc(Cl)c(Nc3ccccc3S(=O)(=O)C(F)F)n2)c(OC(C)C)cc1C1CCN(C(=O)[C@@H]2CCCN2)CC1. The van der Waals surface area contributed by atoms with Crippen molar-refractivity contribution in [2.75, 3.05) is 30.3 Å². The number of nitrogens with zero attached hydrogens (tertiary/aromatic N) is 3. The number of benzene rings is 2. The number of nitrogens with one attached hydrogen (secondary N) is 3. The Bertz CT molecular complexity index is 1640. The minimum Gasteiger partial charge on any atom is -0.489 e. The maximum absolute atomic E-state index is 13.3. The van der Waals surface area contributed by atoms with Crippen LogP contribution >= 0.6 is 11.6 Å². The number of sulfone groups is 1. The van der Waals surface area contributed by atoms with Crippen LogP contribution in [0.4, 0.5) is 31.9 Å². The Hall–Kier alpha value is -3.55. The Balaban J connectivity index is 1.37. The Kier molecular flexibility index (Phi) is 10.1. The molecule has 3 heterocycles. The number of halogens is 3. The Labute approximate surface area is 266 Å². The number of anilines is 4. The molecular weight excluding hydrogens is 626 g/mol. The van der Waals surface area contributed by atoms with Gasteiger partial charge in [-0.25, -0.2) is 13.4 Å². The van der Waals surface area contributed by atoms with E-state index in [0.717, 1.165) is 49.4 Å². The van der Waals surface area contributed by atoms with Crippen LogP contribution in [0.5, 0.6) is 5.75 Å². The highest BCUT2D eigenvalue weighted by molar-refractivity contribution is 7.91. The van der Waals surface area contributed by atoms with Gasteiger partial charge in [-0.05, 0) is 94.3 Å². The maximum Gasteiger partial charge on any atom is 0.341 e. The number of aromatic nitrogens is 2. The van der Waals surface area contributed by atoms with Gasteiger partial charge in [0, 0.05) is 13.1 Å². The number of hydrogen-bond acceptors (Lipinski definition) is 9. The lowest BCUT2D eigenvalue weighted by atomic mass is 9.86. The van der Waals surface area contributed by atoms with E-state index in [-0.39, 0.29) is 46.4 Å². The fourth-order valence-corrected chi connectivity index (χ4v) is 6.82. The van der Waals surface area contributed by atoms with E-state index in [2.05, 4.69) is 25.9 Å². The van der Waals surface area contributed by atoms with Crippen molar-refractivity contribution in [2.24, 2.45) is 0 Å². The van der Waals surface area contributed by atoms with Crippen LogP contribution in [-0.2, 0) is 14.6 Å². The molecule has 2 fully saturated rings. The fourth-order valence-electron chi connectivity index (χ4n) is 5.80. The van der Waals surface area contributed by atoms with Crippen LogP contribution in [0.25, 0.3) is 0 Å². The van der Waals surface area contributed by atoms with Crippen LogP contribution in [0.15, 0.2) is 47.5 Å². The van der Waals surface area contributed by atoms with Gasteiger partial charge < -0.3 is 25.6 Å². The monoisotopic (exact) mass is 662 g/mol. The predicted octanol–water partition coefficient (Wildman–Crippen LogP) is 6.17. The molecule has 2 saturated heterocycles. The first-order valence-corrected chi connectivity index (χ1v) is 16.9. The summed E-state index contributed by atoms with van der Waals surface area (Å²) in [6.45, 7) is 8.18. The molecule has 2 aliphatic heterocycles. The average Bonchev–Trinajstić information content (AvgIpc) is 3.55. The molecule has 1 aromatic heterocycles. The summed E-state index contributed by atoms with van der Waals surface area (Å²) in [5, 5.41) is 9.30. The van der Waals surface area contributed by atoms with Crippen LogP contribution in [0.3, 0.4) is 0 Å². The van der Waals surface area contributed by atoms with Gasteiger partial charge in [0.05, 0.1) is 34.6 Å². The topological polar surface area (TPSA) is 126 Å². The Morgan fingerprint density at radius 1 is 1.11 bits per heavy atom. The molecule has 0 unspecified atom stereocenters. The number of carbonyl (C=O) groups is 1. The predicted molar refractivity (Wildman–Crippen MR) is 170 cm³/mol. The second-order valence-corrected chi connectivity index (χ2v) is 13.9. The molecule has 3 N–H and O–H groups in total. The van der Waals surface area contributed by atoms with Gasteiger partial charge in [0.2, 0.25) is 21.7 Å². The summed E-state index contributed by atoms with van der Waals surface area (Å²) in [6, 6.07) is 9.23. The zero-order valence-corrected chi connectivity index (χ0v) is 26.9. The number of aryl methyl sites for hydroxylation is 1. The molecule has 10 nitrogen and oxygen atoms in total. The molecule has 0 aliphatic carbocycles. The minimum atomic E-state index is -4.88. The number of hydrogen-bond donors (Lipinski definition) is 3. The van der Waals surface area contributed by atoms with Gasteiger partial charge in [0.25, 0.3) is 0 Å². The number of piperidine rings is 1. The molecule has 2 aliphatic rings. The van der Waals surface area contributed by atoms with E-state index in [1.165, 1.54) is 24.4 Å². The molecule has 0 radical (unpaired) electrons. The first kappa shape index (κ1) is 32.8. The number of amides is 1. The number of ether oxygens (including phenoxy) is 1. The van der Waals surface area contributed by atoms with Gasteiger partial charge in [0.15, 0.2) is 5.82 Å². The summed E-state index contributed by atoms with van der Waals surface area (Å²) in [6.07, 6.45) is 4.82. The standard InChI is InChI=1S/C31H37ClF2N6O4S/c1-18(2)44-26-16-21(20-10-13-40(14-11-20)29(41)24-8-6-12-35-24)19(3)15-25(26)38-31-36-17-22(32)28(39-31)37-23-7-4-5-9-27(23)45(42,43)30(33)34/h4-5,7,9,15-18,20,24,30,35H,6,8,10-14H2,1-3H3,(H2,36,37,38,39)/t24-/m0/s1. The van der Waals surface area contributed by atoms with Gasteiger partial charge in [-0.3, -0.25) is 4.79 Å². The van der Waals surface area contributed by atoms with Crippen LogP contribution in [-0.4, -0.2) is 66.7 Å². The van der Waals surface area contributed by atoms with Crippen LogP contribution in [0, 0.1) is 6.92 Å². The first-order chi connectivity index (χ1) is 21.4. The second-order valence-electron chi connectivity index (χ2n) is 11.6. The zero-order valence-electron chi connectivity index (χ0n) is 25.3. The molecule has 3 aromatic rings. The molecule has 14 heteroatoms. The van der Waals surface area contributed by atoms with E-state index < -0.39 is 20.5 Å². The highest BCUT2D eigenvalue weighted by atomic mass is 35.5. The number of alkyl halides is 2. The number of carbonyl (C=O) groups excluding carboxylic acids is 1. The summed E-state index contributed by atoms with van der Waals surface area (Å²) in [5.41, 5.74) is 2.70. The van der Waals surface area contributed by atoms with Crippen molar-refractivity contribution < 1.29 is 26.7 Å². The van der Waals surface area contributed by atoms with Gasteiger partial charge in [-0.15, -0.1) is 0 Å². The molecule has 1 atom stereocenters. The third kappa shape index (κ3) is 7.47. The molecule has 5 rings (SSSR count). The smallest absolute Gasteiger partial charge is 0.341 e. The van der Waals surface area contributed by atoms with Crippen molar-refractivity contribution in [3.63, 3.8) is 0 Å². The Morgan fingerprint density at radius 2 is 1.84 bits per heavy atom. The lowest BCUT2D eigenvalue weighted by molar-refractivity contribution is -0.134. The third-order valence-corrected chi connectivity index (χ3v) is 9.72. The van der Waals surface area contributed by atoms with Crippen molar-refractivity contribution in [3.8, 4) is 5.75 Å². The molecule has 1 amide bonds. The lowest BCUT2D eigenvalue weighted by Gasteiger charge is -2.34. The molecule has 0 bridgehead atoms. The highest BCUT2D eigenvalue weighted by Crippen LogP contribution is 2.39. The molecule has 0 saturated carbocycles. The summed E-state index contributed by atoms with van der Waals surface area (Å²) in [5.74, 6) is -2.37. The summed E-state index contributed by atoms with van der Waals surface area (Å²) >= 11 is 6.31. The van der Waals surface area contributed by atoms with E-state index in [0.29, 0.717) is 24.5 Å². The zero-order chi connectivity index (χ0) is 32.3. The van der Waals surface area contributed by atoms with Gasteiger partial charge in [-0.2, -0.15) is 13.8 Å². The highest BCUT2D eigenvalue weighted by Gasteiger charge is 2.32. The van der Waals surface area contributed by atoms with E-state index in [1.54, 1.807) is 0 Å². The first-order valence-electron chi connectivity index (χ1n) is 14.9. The van der Waals surface area contributed by atoms with E-state index >= 15 is 0 Å². The Morgan fingerprint density at radius 3 is 2.51 bits per heavy atom. The van der Waals surface area contributed by atoms with Crippen molar-refractivity contribution in [2.45, 2.75) is 75.2 Å². The van der Waals surface area contributed by atoms with Gasteiger partial charge in [0.1, 0.15) is 10.8 Å². The number of likely N-dealkylation sites (tertiary alicyclic amines) is 1.